The van der Waals surface area contributed by atoms with E-state index in [-0.39, 0.29) is 11.5 Å². The van der Waals surface area contributed by atoms with Crippen molar-refractivity contribution >= 4 is 17.7 Å². The summed E-state index contributed by atoms with van der Waals surface area (Å²) in [5.74, 6) is 2.11. The second-order valence-corrected chi connectivity index (χ2v) is 3.89. The smallest absolute Gasteiger partial charge is 0.246 e. The molecule has 10 heavy (non-hydrogen) atoms. The monoisotopic (exact) mass is 159 g/mol. The fourth-order valence-corrected chi connectivity index (χ4v) is 2.68. The van der Waals surface area contributed by atoms with Gasteiger partial charge in [-0.2, -0.15) is 11.8 Å². The Morgan fingerprint density at radius 3 is 3.10 bits per heavy atom. The van der Waals surface area contributed by atoms with E-state index in [9.17, 15) is 4.79 Å². The van der Waals surface area contributed by atoms with Crippen LogP contribution >= 0.6 is 11.8 Å². The highest BCUT2D eigenvalue weighted by Gasteiger charge is 2.43. The molecule has 2 saturated heterocycles. The van der Waals surface area contributed by atoms with E-state index in [1.165, 1.54) is 0 Å². The maximum atomic E-state index is 10.8. The van der Waals surface area contributed by atoms with Gasteiger partial charge < -0.3 is 0 Å². The van der Waals surface area contributed by atoms with Crippen LogP contribution in [-0.2, 0) is 9.63 Å². The second-order valence-electron chi connectivity index (χ2n) is 2.79. The number of hydroxylamine groups is 1. The minimum Gasteiger partial charge on any atom is -0.273 e. The van der Waals surface area contributed by atoms with Crippen LogP contribution in [0.15, 0.2) is 0 Å². The molecule has 0 aromatic carbocycles. The molecule has 1 unspecified atom stereocenters. The lowest BCUT2D eigenvalue weighted by Crippen LogP contribution is -2.28. The standard InChI is InChI=1S/C6H9NO2S/c8-5-3-6(9-7-5)1-2-10-4-6/h1-4H2,(H,7,8). The van der Waals surface area contributed by atoms with E-state index in [2.05, 4.69) is 5.48 Å². The number of nitrogens with one attached hydrogen (secondary N) is 1. The second kappa shape index (κ2) is 2.13. The van der Waals surface area contributed by atoms with Gasteiger partial charge in [-0.3, -0.25) is 9.63 Å². The highest BCUT2D eigenvalue weighted by molar-refractivity contribution is 7.99. The van der Waals surface area contributed by atoms with E-state index in [1.807, 2.05) is 11.8 Å². The third-order valence-electron chi connectivity index (χ3n) is 1.93. The highest BCUT2D eigenvalue weighted by Crippen LogP contribution is 2.35. The zero-order chi connectivity index (χ0) is 7.03. The van der Waals surface area contributed by atoms with Gasteiger partial charge in [0.25, 0.3) is 0 Å². The van der Waals surface area contributed by atoms with Gasteiger partial charge in [-0.15, -0.1) is 0 Å². The van der Waals surface area contributed by atoms with Gasteiger partial charge in [0.1, 0.15) is 5.60 Å². The van der Waals surface area contributed by atoms with Crippen molar-refractivity contribution in [3.05, 3.63) is 0 Å². The largest absolute Gasteiger partial charge is 0.273 e. The van der Waals surface area contributed by atoms with E-state index < -0.39 is 0 Å². The minimum absolute atomic E-state index is 0.0301. The quantitative estimate of drug-likeness (QED) is 0.553. The summed E-state index contributed by atoms with van der Waals surface area (Å²) in [7, 11) is 0. The molecule has 1 N–H and O–H groups in total. The summed E-state index contributed by atoms with van der Waals surface area (Å²) < 4.78 is 0. The molecule has 2 fully saturated rings. The van der Waals surface area contributed by atoms with Crippen LogP contribution in [0.4, 0.5) is 0 Å². The number of hydrogen-bond acceptors (Lipinski definition) is 3. The molecule has 0 aromatic heterocycles. The summed E-state index contributed by atoms with van der Waals surface area (Å²) in [6, 6.07) is 0. The zero-order valence-corrected chi connectivity index (χ0v) is 6.37. The first-order valence-corrected chi connectivity index (χ1v) is 4.51. The van der Waals surface area contributed by atoms with E-state index >= 15 is 0 Å². The molecule has 0 saturated carbocycles. The Morgan fingerprint density at radius 1 is 1.70 bits per heavy atom. The van der Waals surface area contributed by atoms with Crippen molar-refractivity contribution in [2.24, 2.45) is 0 Å². The fourth-order valence-electron chi connectivity index (χ4n) is 1.34. The van der Waals surface area contributed by atoms with Gasteiger partial charge >= 0.3 is 0 Å². The summed E-state index contributed by atoms with van der Waals surface area (Å²) in [4.78, 5) is 16.0. The van der Waals surface area contributed by atoms with Crippen LogP contribution in [0.5, 0.6) is 0 Å². The van der Waals surface area contributed by atoms with Gasteiger partial charge in [-0.1, -0.05) is 0 Å². The van der Waals surface area contributed by atoms with Crippen molar-refractivity contribution in [2.45, 2.75) is 18.4 Å². The molecule has 0 radical (unpaired) electrons. The molecular formula is C6H9NO2S. The minimum atomic E-state index is -0.137. The lowest BCUT2D eigenvalue weighted by Gasteiger charge is -2.16. The molecule has 2 rings (SSSR count). The Labute approximate surface area is 63.5 Å². The molecule has 2 aliphatic rings. The predicted octanol–water partition coefficient (Wildman–Crippen LogP) is 0.314. The molecule has 3 nitrogen and oxygen atoms in total. The maximum Gasteiger partial charge on any atom is 0.246 e. The SMILES string of the molecule is O=C1CC2(CCSC2)ON1. The first-order chi connectivity index (χ1) is 4.81. The number of carbonyl (C=O) groups excluding carboxylic acids is 1. The topological polar surface area (TPSA) is 38.3 Å². The predicted molar refractivity (Wildman–Crippen MR) is 38.5 cm³/mol. The van der Waals surface area contributed by atoms with Crippen molar-refractivity contribution in [3.8, 4) is 0 Å². The normalized spacial score (nSPS) is 39.0. The third-order valence-corrected chi connectivity index (χ3v) is 3.15. The first-order valence-electron chi connectivity index (χ1n) is 3.35. The van der Waals surface area contributed by atoms with Crippen LogP contribution in [0.2, 0.25) is 0 Å². The molecule has 1 amide bonds. The summed E-state index contributed by atoms with van der Waals surface area (Å²) in [6.07, 6.45) is 1.57. The number of hydrogen-bond donors (Lipinski definition) is 1. The van der Waals surface area contributed by atoms with E-state index in [0.29, 0.717) is 6.42 Å². The van der Waals surface area contributed by atoms with Crippen molar-refractivity contribution in [2.75, 3.05) is 11.5 Å². The Balaban J connectivity index is 2.09. The molecule has 2 aliphatic heterocycles. The Hall–Kier alpha value is -0.220. The maximum absolute atomic E-state index is 10.8. The Kier molecular flexibility index (Phi) is 1.38. The van der Waals surface area contributed by atoms with Gasteiger partial charge in [0, 0.05) is 5.75 Å². The number of amides is 1. The van der Waals surface area contributed by atoms with Crippen molar-refractivity contribution in [1.29, 1.82) is 0 Å². The third kappa shape index (κ3) is 0.914. The molecule has 0 aromatic rings. The van der Waals surface area contributed by atoms with Crippen molar-refractivity contribution < 1.29 is 9.63 Å². The summed E-state index contributed by atoms with van der Waals surface area (Å²) >= 11 is 1.85. The van der Waals surface area contributed by atoms with Gasteiger partial charge in [0.05, 0.1) is 6.42 Å². The average molecular weight is 159 g/mol. The summed E-state index contributed by atoms with van der Waals surface area (Å²) in [5.41, 5.74) is 2.26. The first kappa shape index (κ1) is 6.49. The lowest BCUT2D eigenvalue weighted by molar-refractivity contribution is -0.125. The van der Waals surface area contributed by atoms with Crippen molar-refractivity contribution in [3.63, 3.8) is 0 Å². The molecule has 2 heterocycles. The van der Waals surface area contributed by atoms with E-state index in [4.69, 9.17) is 4.84 Å². The highest BCUT2D eigenvalue weighted by atomic mass is 32.2. The molecule has 1 spiro atoms. The van der Waals surface area contributed by atoms with Crippen LogP contribution < -0.4 is 5.48 Å². The lowest BCUT2D eigenvalue weighted by atomic mass is 10.0. The van der Waals surface area contributed by atoms with Gasteiger partial charge in [-0.25, -0.2) is 5.48 Å². The van der Waals surface area contributed by atoms with Crippen LogP contribution in [0.25, 0.3) is 0 Å². The summed E-state index contributed by atoms with van der Waals surface area (Å²) in [6.45, 7) is 0. The Morgan fingerprint density at radius 2 is 2.60 bits per heavy atom. The van der Waals surface area contributed by atoms with Crippen LogP contribution in [-0.4, -0.2) is 23.0 Å². The van der Waals surface area contributed by atoms with Gasteiger partial charge in [-0.05, 0) is 12.2 Å². The molecule has 4 heteroatoms. The molecular weight excluding hydrogens is 150 g/mol. The number of rotatable bonds is 0. The number of carbonyl (C=O) groups is 1. The number of thioether (sulfide) groups is 1. The molecule has 56 valence electrons. The molecule has 0 aliphatic carbocycles. The van der Waals surface area contributed by atoms with E-state index in [0.717, 1.165) is 17.9 Å². The van der Waals surface area contributed by atoms with Crippen LogP contribution in [0.3, 0.4) is 0 Å². The van der Waals surface area contributed by atoms with Crippen LogP contribution in [0.1, 0.15) is 12.8 Å². The van der Waals surface area contributed by atoms with E-state index in [1.54, 1.807) is 0 Å². The van der Waals surface area contributed by atoms with Gasteiger partial charge in [0.2, 0.25) is 5.91 Å². The zero-order valence-electron chi connectivity index (χ0n) is 5.55. The molecule has 0 bridgehead atoms. The Bertz CT molecular complexity index is 165. The average Bonchev–Trinajstić information content (AvgIpc) is 2.46. The van der Waals surface area contributed by atoms with Gasteiger partial charge in [0.15, 0.2) is 0 Å². The fraction of sp³-hybridized carbons (Fsp3) is 0.833. The van der Waals surface area contributed by atoms with Crippen molar-refractivity contribution in [1.82, 2.24) is 5.48 Å². The summed E-state index contributed by atoms with van der Waals surface area (Å²) in [5, 5.41) is 0. The molecule has 1 atom stereocenters. The van der Waals surface area contributed by atoms with Crippen LogP contribution in [0, 0.1) is 0 Å².